The highest BCUT2D eigenvalue weighted by atomic mass is 35.5. The summed E-state index contributed by atoms with van der Waals surface area (Å²) in [6.07, 6.45) is 1.55. The predicted molar refractivity (Wildman–Crippen MR) is 80.8 cm³/mol. The molecule has 2 rings (SSSR count). The van der Waals surface area contributed by atoms with Crippen molar-refractivity contribution in [3.05, 3.63) is 46.3 Å². The first-order valence-corrected chi connectivity index (χ1v) is 6.50. The van der Waals surface area contributed by atoms with E-state index in [2.05, 4.69) is 15.3 Å². The van der Waals surface area contributed by atoms with E-state index in [0.717, 1.165) is 0 Å². The van der Waals surface area contributed by atoms with Crippen LogP contribution in [0.25, 0.3) is 0 Å². The van der Waals surface area contributed by atoms with Crippen LogP contribution in [0, 0.1) is 0 Å². The van der Waals surface area contributed by atoms with Crippen molar-refractivity contribution < 1.29 is 4.79 Å². The van der Waals surface area contributed by atoms with Crippen molar-refractivity contribution in [2.75, 3.05) is 24.3 Å². The lowest BCUT2D eigenvalue weighted by atomic mass is 10.2. The van der Waals surface area contributed by atoms with Crippen LogP contribution in [0.2, 0.25) is 10.3 Å². The average molecular weight is 311 g/mol. The third kappa shape index (κ3) is 3.37. The third-order valence-corrected chi connectivity index (χ3v) is 3.00. The Labute approximate surface area is 126 Å². The Morgan fingerprint density at radius 2 is 2.05 bits per heavy atom. The molecule has 0 fully saturated rings. The molecule has 0 saturated heterocycles. The molecule has 20 heavy (non-hydrogen) atoms. The van der Waals surface area contributed by atoms with E-state index < -0.39 is 0 Å². The number of pyridine rings is 2. The Balaban J connectivity index is 2.28. The molecular formula is C13H12Cl2N4O. The molecule has 104 valence electrons. The van der Waals surface area contributed by atoms with Crippen LogP contribution < -0.4 is 10.2 Å². The molecule has 0 aromatic carbocycles. The predicted octanol–water partition coefficient (Wildman–Crippen LogP) is 3.10. The highest BCUT2D eigenvalue weighted by Gasteiger charge is 2.12. The number of rotatable bonds is 3. The summed E-state index contributed by atoms with van der Waals surface area (Å²) in [4.78, 5) is 22.0. The van der Waals surface area contributed by atoms with Gasteiger partial charge in [0, 0.05) is 25.9 Å². The van der Waals surface area contributed by atoms with Crippen LogP contribution in [0.4, 0.5) is 11.5 Å². The molecule has 0 aliphatic heterocycles. The first kappa shape index (κ1) is 14.6. The first-order valence-electron chi connectivity index (χ1n) is 5.74. The topological polar surface area (TPSA) is 58.1 Å². The molecule has 2 heterocycles. The number of carbonyl (C=O) groups excluding carboxylic acids is 1. The van der Waals surface area contributed by atoms with Gasteiger partial charge in [-0.05, 0) is 24.3 Å². The monoisotopic (exact) mass is 310 g/mol. The maximum Gasteiger partial charge on any atom is 0.255 e. The fourth-order valence-corrected chi connectivity index (χ4v) is 1.89. The molecular weight excluding hydrogens is 299 g/mol. The van der Waals surface area contributed by atoms with Crippen molar-refractivity contribution in [1.82, 2.24) is 9.97 Å². The number of carbonyl (C=O) groups is 1. The molecule has 1 N–H and O–H groups in total. The lowest BCUT2D eigenvalue weighted by Gasteiger charge is -2.13. The lowest BCUT2D eigenvalue weighted by molar-refractivity contribution is 0.102. The Morgan fingerprint density at radius 3 is 2.70 bits per heavy atom. The average Bonchev–Trinajstić information content (AvgIpc) is 2.40. The summed E-state index contributed by atoms with van der Waals surface area (Å²) in [5, 5.41) is 3.16. The molecule has 0 atom stereocenters. The van der Waals surface area contributed by atoms with Crippen LogP contribution in [0.5, 0.6) is 0 Å². The second-order valence-corrected chi connectivity index (χ2v) is 4.97. The summed E-state index contributed by atoms with van der Waals surface area (Å²) < 4.78 is 0. The van der Waals surface area contributed by atoms with Gasteiger partial charge in [-0.3, -0.25) is 4.79 Å². The first-order chi connectivity index (χ1) is 9.47. The maximum absolute atomic E-state index is 12.2. The molecule has 2 aromatic rings. The van der Waals surface area contributed by atoms with E-state index in [4.69, 9.17) is 23.2 Å². The quantitative estimate of drug-likeness (QED) is 0.885. The molecule has 0 spiro atoms. The molecule has 0 unspecified atom stereocenters. The van der Waals surface area contributed by atoms with E-state index in [9.17, 15) is 4.79 Å². The largest absolute Gasteiger partial charge is 0.363 e. The van der Waals surface area contributed by atoms with Gasteiger partial charge in [-0.25, -0.2) is 9.97 Å². The van der Waals surface area contributed by atoms with Gasteiger partial charge in [-0.1, -0.05) is 23.2 Å². The Morgan fingerprint density at radius 1 is 1.30 bits per heavy atom. The fraction of sp³-hybridized carbons (Fsp3) is 0.154. The SMILES string of the molecule is CN(C)c1cc(C(=O)Nc2cccnc2Cl)cc(Cl)n1. The van der Waals surface area contributed by atoms with Gasteiger partial charge in [0.05, 0.1) is 5.69 Å². The number of hydrogen-bond acceptors (Lipinski definition) is 4. The van der Waals surface area contributed by atoms with Gasteiger partial charge in [0.25, 0.3) is 5.91 Å². The summed E-state index contributed by atoms with van der Waals surface area (Å²) in [7, 11) is 3.64. The van der Waals surface area contributed by atoms with E-state index in [0.29, 0.717) is 17.1 Å². The highest BCUT2D eigenvalue weighted by molar-refractivity contribution is 6.32. The second kappa shape index (κ2) is 6.07. The molecule has 0 aliphatic rings. The van der Waals surface area contributed by atoms with Gasteiger partial charge in [-0.15, -0.1) is 0 Å². The van der Waals surface area contributed by atoms with E-state index in [-0.39, 0.29) is 16.2 Å². The maximum atomic E-state index is 12.2. The molecule has 7 heteroatoms. The van der Waals surface area contributed by atoms with Gasteiger partial charge < -0.3 is 10.2 Å². The number of anilines is 2. The number of nitrogens with one attached hydrogen (secondary N) is 1. The highest BCUT2D eigenvalue weighted by Crippen LogP contribution is 2.21. The summed E-state index contributed by atoms with van der Waals surface area (Å²) >= 11 is 11.8. The van der Waals surface area contributed by atoms with E-state index in [1.54, 1.807) is 29.3 Å². The van der Waals surface area contributed by atoms with Crippen LogP contribution in [0.1, 0.15) is 10.4 Å². The van der Waals surface area contributed by atoms with Gasteiger partial charge in [0.1, 0.15) is 11.0 Å². The molecule has 1 amide bonds. The molecule has 0 bridgehead atoms. The Kier molecular flexibility index (Phi) is 4.42. The molecule has 2 aromatic heterocycles. The van der Waals surface area contributed by atoms with Crippen molar-refractivity contribution in [1.29, 1.82) is 0 Å². The molecule has 5 nitrogen and oxygen atoms in total. The molecule has 0 aliphatic carbocycles. The van der Waals surface area contributed by atoms with Crippen LogP contribution >= 0.6 is 23.2 Å². The number of amides is 1. The molecule has 0 radical (unpaired) electrons. The third-order valence-electron chi connectivity index (χ3n) is 2.51. The van der Waals surface area contributed by atoms with Crippen molar-refractivity contribution in [3.8, 4) is 0 Å². The summed E-state index contributed by atoms with van der Waals surface area (Å²) in [5.74, 6) is 0.271. The van der Waals surface area contributed by atoms with Crippen molar-refractivity contribution >= 4 is 40.6 Å². The van der Waals surface area contributed by atoms with Gasteiger partial charge in [0.2, 0.25) is 0 Å². The summed E-state index contributed by atoms with van der Waals surface area (Å²) in [5.41, 5.74) is 0.840. The number of aromatic nitrogens is 2. The van der Waals surface area contributed by atoms with E-state index in [1.165, 1.54) is 6.07 Å². The zero-order valence-electron chi connectivity index (χ0n) is 10.9. The second-order valence-electron chi connectivity index (χ2n) is 4.23. The standard InChI is InChI=1S/C13H12Cl2N4O/c1-19(2)11-7-8(6-10(14)18-11)13(20)17-9-4-3-5-16-12(9)15/h3-7H,1-2H3,(H,17,20). The van der Waals surface area contributed by atoms with E-state index in [1.807, 2.05) is 14.1 Å². The smallest absolute Gasteiger partial charge is 0.255 e. The summed E-state index contributed by atoms with van der Waals surface area (Å²) in [6, 6.07) is 6.49. The van der Waals surface area contributed by atoms with Crippen LogP contribution in [-0.2, 0) is 0 Å². The number of halogens is 2. The van der Waals surface area contributed by atoms with Crippen LogP contribution in [0.15, 0.2) is 30.5 Å². The Hall–Kier alpha value is -1.85. The normalized spacial score (nSPS) is 10.2. The summed E-state index contributed by atoms with van der Waals surface area (Å²) in [6.45, 7) is 0. The number of nitrogens with zero attached hydrogens (tertiary/aromatic N) is 3. The fourth-order valence-electron chi connectivity index (χ4n) is 1.52. The van der Waals surface area contributed by atoms with Crippen molar-refractivity contribution in [2.24, 2.45) is 0 Å². The Bertz CT molecular complexity index is 646. The van der Waals surface area contributed by atoms with Gasteiger partial charge >= 0.3 is 0 Å². The van der Waals surface area contributed by atoms with Gasteiger partial charge in [-0.2, -0.15) is 0 Å². The minimum absolute atomic E-state index is 0.230. The van der Waals surface area contributed by atoms with Crippen LogP contribution in [0.3, 0.4) is 0 Å². The van der Waals surface area contributed by atoms with Gasteiger partial charge in [0.15, 0.2) is 5.15 Å². The lowest BCUT2D eigenvalue weighted by Crippen LogP contribution is -2.16. The van der Waals surface area contributed by atoms with Crippen molar-refractivity contribution in [3.63, 3.8) is 0 Å². The minimum Gasteiger partial charge on any atom is -0.363 e. The number of hydrogen-bond donors (Lipinski definition) is 1. The van der Waals surface area contributed by atoms with E-state index >= 15 is 0 Å². The zero-order chi connectivity index (χ0) is 14.7. The molecule has 0 saturated carbocycles. The zero-order valence-corrected chi connectivity index (χ0v) is 12.4. The van der Waals surface area contributed by atoms with Crippen molar-refractivity contribution in [2.45, 2.75) is 0 Å². The minimum atomic E-state index is -0.327. The van der Waals surface area contributed by atoms with Crippen LogP contribution in [-0.4, -0.2) is 30.0 Å².